The van der Waals surface area contributed by atoms with Crippen molar-refractivity contribution in [2.75, 3.05) is 7.11 Å². The van der Waals surface area contributed by atoms with Crippen LogP contribution in [0.5, 0.6) is 11.5 Å². The lowest BCUT2D eigenvalue weighted by molar-refractivity contribution is -0.388. The standard InChI is InChI=1S/C25H32O9/c1-11-12-10-31-20(28)14(12)18(30-6)15-16(27)19-22(4)7-8-24(29)33-21(2,3)25(22,34-24)13(26)9-23(19,5)32-17(11)15/h13,16,19,26-27,29H,7-10H2,1-6H3. The fourth-order valence-electron chi connectivity index (χ4n) is 8.25. The van der Waals surface area contributed by atoms with Crippen molar-refractivity contribution >= 4 is 5.97 Å². The summed E-state index contributed by atoms with van der Waals surface area (Å²) in [6.07, 6.45) is -1.37. The molecule has 1 aromatic carbocycles. The topological polar surface area (TPSA) is 124 Å². The largest absolute Gasteiger partial charge is 0.495 e. The summed E-state index contributed by atoms with van der Waals surface area (Å²) in [6, 6.07) is 0. The lowest BCUT2D eigenvalue weighted by Gasteiger charge is -2.67. The average Bonchev–Trinajstić information content (AvgIpc) is 3.20. The summed E-state index contributed by atoms with van der Waals surface area (Å²) in [5, 5.41) is 34.6. The molecule has 1 spiro atoms. The highest BCUT2D eigenvalue weighted by Crippen LogP contribution is 2.72. The van der Waals surface area contributed by atoms with Crippen molar-refractivity contribution in [3.8, 4) is 11.5 Å². The highest BCUT2D eigenvalue weighted by Gasteiger charge is 2.81. The second kappa shape index (κ2) is 6.25. The van der Waals surface area contributed by atoms with E-state index in [4.69, 9.17) is 23.7 Å². The molecule has 3 N–H and O–H groups in total. The Bertz CT molecular complexity index is 1130. The summed E-state index contributed by atoms with van der Waals surface area (Å²) in [5.74, 6) is -2.13. The minimum atomic E-state index is -1.80. The lowest BCUT2D eigenvalue weighted by Crippen LogP contribution is -2.77. The van der Waals surface area contributed by atoms with Crippen LogP contribution in [0, 0.1) is 18.3 Å². The van der Waals surface area contributed by atoms with Gasteiger partial charge in [0.05, 0.1) is 24.9 Å². The normalized spacial score (nSPS) is 45.4. The number of fused-ring (bicyclic) bond motifs is 5. The zero-order valence-electron chi connectivity index (χ0n) is 20.4. The SMILES string of the molecule is COc1c2c(c(C)c3c1C(O)C1C(C)(CC(O)C45OC(O)(CCC14C)OC5(C)C)O3)COC2=O. The number of cyclic esters (lactones) is 1. The second-order valence-electron chi connectivity index (χ2n) is 11.5. The number of hydrogen-bond donors (Lipinski definition) is 3. The van der Waals surface area contributed by atoms with Gasteiger partial charge in [0.1, 0.15) is 40.5 Å². The van der Waals surface area contributed by atoms with Gasteiger partial charge in [-0.05, 0) is 39.7 Å². The van der Waals surface area contributed by atoms with Crippen LogP contribution in [0.3, 0.4) is 0 Å². The molecule has 4 aliphatic heterocycles. The average molecular weight is 477 g/mol. The van der Waals surface area contributed by atoms with E-state index < -0.39 is 52.3 Å². The number of carbonyl (C=O) groups is 1. The molecule has 0 radical (unpaired) electrons. The Kier molecular flexibility index (Phi) is 4.15. The Balaban J connectivity index is 1.60. The van der Waals surface area contributed by atoms with E-state index in [1.807, 2.05) is 20.8 Å². The van der Waals surface area contributed by atoms with Gasteiger partial charge in [-0.1, -0.05) is 6.92 Å². The molecule has 9 heteroatoms. The van der Waals surface area contributed by atoms with Gasteiger partial charge in [-0.25, -0.2) is 4.79 Å². The van der Waals surface area contributed by atoms with Crippen molar-refractivity contribution in [3.05, 3.63) is 22.3 Å². The van der Waals surface area contributed by atoms with E-state index in [2.05, 4.69) is 0 Å². The summed E-state index contributed by atoms with van der Waals surface area (Å²) < 4.78 is 29.8. The molecule has 1 saturated carbocycles. The summed E-state index contributed by atoms with van der Waals surface area (Å²) in [4.78, 5) is 12.6. The van der Waals surface area contributed by atoms with Crippen LogP contribution in [0.2, 0.25) is 0 Å². The number of esters is 1. The van der Waals surface area contributed by atoms with Crippen molar-refractivity contribution in [1.29, 1.82) is 0 Å². The number of benzene rings is 1. The molecule has 2 bridgehead atoms. The maximum Gasteiger partial charge on any atom is 0.342 e. The van der Waals surface area contributed by atoms with Gasteiger partial charge in [0.15, 0.2) is 0 Å². The first-order valence-electron chi connectivity index (χ1n) is 11.8. The Hall–Kier alpha value is -1.91. The molecule has 6 rings (SSSR count). The number of carbonyl (C=O) groups excluding carboxylic acids is 1. The molecule has 4 heterocycles. The molecule has 0 amide bonds. The number of methoxy groups -OCH3 is 1. The van der Waals surface area contributed by atoms with E-state index in [0.717, 1.165) is 0 Å². The third-order valence-electron chi connectivity index (χ3n) is 9.36. The summed E-state index contributed by atoms with van der Waals surface area (Å²) >= 11 is 0. The predicted octanol–water partition coefficient (Wildman–Crippen LogP) is 2.25. The fourth-order valence-corrected chi connectivity index (χ4v) is 8.25. The van der Waals surface area contributed by atoms with Crippen LogP contribution >= 0.6 is 0 Å². The first-order valence-corrected chi connectivity index (χ1v) is 11.8. The predicted molar refractivity (Wildman–Crippen MR) is 116 cm³/mol. The smallest absolute Gasteiger partial charge is 0.342 e. The van der Waals surface area contributed by atoms with Crippen LogP contribution in [0.15, 0.2) is 0 Å². The van der Waals surface area contributed by atoms with Crippen LogP contribution in [0.25, 0.3) is 0 Å². The molecule has 1 aliphatic carbocycles. The molecule has 7 atom stereocenters. The molecule has 0 aromatic heterocycles. The van der Waals surface area contributed by atoms with Crippen LogP contribution in [0.1, 0.15) is 80.1 Å². The molecule has 34 heavy (non-hydrogen) atoms. The van der Waals surface area contributed by atoms with E-state index in [-0.39, 0.29) is 25.2 Å². The van der Waals surface area contributed by atoms with Crippen LogP contribution < -0.4 is 9.47 Å². The molecular weight excluding hydrogens is 444 g/mol. The van der Waals surface area contributed by atoms with Gasteiger partial charge in [-0.2, -0.15) is 0 Å². The number of aliphatic hydroxyl groups excluding tert-OH is 2. The molecule has 1 aromatic rings. The van der Waals surface area contributed by atoms with Crippen molar-refractivity contribution in [1.82, 2.24) is 0 Å². The van der Waals surface area contributed by atoms with Crippen molar-refractivity contribution in [3.63, 3.8) is 0 Å². The van der Waals surface area contributed by atoms with Crippen LogP contribution in [-0.4, -0.2) is 57.3 Å². The Morgan fingerprint density at radius 3 is 2.47 bits per heavy atom. The minimum Gasteiger partial charge on any atom is -0.495 e. The van der Waals surface area contributed by atoms with E-state index >= 15 is 0 Å². The Labute approximate surface area is 197 Å². The quantitative estimate of drug-likeness (QED) is 0.524. The van der Waals surface area contributed by atoms with Crippen molar-refractivity contribution < 1.29 is 43.8 Å². The van der Waals surface area contributed by atoms with Gasteiger partial charge in [0.25, 0.3) is 5.97 Å². The molecule has 7 unspecified atom stereocenters. The minimum absolute atomic E-state index is 0.116. The fraction of sp³-hybridized carbons (Fsp3) is 0.720. The number of ether oxygens (including phenoxy) is 5. The third-order valence-corrected chi connectivity index (χ3v) is 9.36. The van der Waals surface area contributed by atoms with E-state index in [0.29, 0.717) is 34.4 Å². The maximum absolute atomic E-state index is 12.6. The first kappa shape index (κ1) is 22.5. The number of aliphatic hydroxyl groups is 3. The molecule has 9 nitrogen and oxygen atoms in total. The van der Waals surface area contributed by atoms with E-state index in [9.17, 15) is 20.1 Å². The van der Waals surface area contributed by atoms with Crippen LogP contribution in [-0.2, 0) is 20.8 Å². The van der Waals surface area contributed by atoms with Crippen molar-refractivity contribution in [2.24, 2.45) is 11.3 Å². The van der Waals surface area contributed by atoms with Gasteiger partial charge in [-0.15, -0.1) is 0 Å². The highest BCUT2D eigenvalue weighted by molar-refractivity contribution is 5.98. The zero-order chi connectivity index (χ0) is 24.6. The van der Waals surface area contributed by atoms with E-state index in [1.165, 1.54) is 7.11 Å². The Morgan fingerprint density at radius 2 is 1.79 bits per heavy atom. The second-order valence-corrected chi connectivity index (χ2v) is 11.5. The van der Waals surface area contributed by atoms with Crippen molar-refractivity contribution in [2.45, 2.75) is 95.5 Å². The molecule has 5 aliphatic rings. The Morgan fingerprint density at radius 1 is 1.09 bits per heavy atom. The van der Waals surface area contributed by atoms with Gasteiger partial charge in [0.2, 0.25) is 0 Å². The lowest BCUT2D eigenvalue weighted by atomic mass is 9.45. The zero-order valence-corrected chi connectivity index (χ0v) is 20.4. The maximum atomic E-state index is 12.6. The molecule has 186 valence electrons. The number of hydrogen-bond acceptors (Lipinski definition) is 9. The third kappa shape index (κ3) is 2.26. The molecule has 3 fully saturated rings. The van der Waals surface area contributed by atoms with Gasteiger partial charge in [0, 0.05) is 29.7 Å². The van der Waals surface area contributed by atoms with Gasteiger partial charge < -0.3 is 39.0 Å². The summed E-state index contributed by atoms with van der Waals surface area (Å²) in [5.41, 5.74) is -2.03. The first-order chi connectivity index (χ1) is 15.8. The monoisotopic (exact) mass is 476 g/mol. The molecule has 2 saturated heterocycles. The molecular formula is C25H32O9. The van der Waals surface area contributed by atoms with E-state index in [1.54, 1.807) is 13.8 Å². The van der Waals surface area contributed by atoms with Gasteiger partial charge >= 0.3 is 5.97 Å². The summed E-state index contributed by atoms with van der Waals surface area (Å²) in [6.45, 7) is 9.43. The highest BCUT2D eigenvalue weighted by atomic mass is 16.9. The summed E-state index contributed by atoms with van der Waals surface area (Å²) in [7, 11) is 1.46. The van der Waals surface area contributed by atoms with Gasteiger partial charge in [-0.3, -0.25) is 0 Å². The van der Waals surface area contributed by atoms with Crippen LogP contribution in [0.4, 0.5) is 0 Å². The number of rotatable bonds is 1.